The van der Waals surface area contributed by atoms with Gasteiger partial charge in [0.15, 0.2) is 0 Å². The summed E-state index contributed by atoms with van der Waals surface area (Å²) in [6.07, 6.45) is 3.54. The van der Waals surface area contributed by atoms with Gasteiger partial charge in [0.2, 0.25) is 5.91 Å². The molecule has 32 heavy (non-hydrogen) atoms. The molecule has 1 amide bonds. The summed E-state index contributed by atoms with van der Waals surface area (Å²) in [5.41, 5.74) is 0.303. The number of halogens is 1. The molecule has 8 heteroatoms. The first-order valence-corrected chi connectivity index (χ1v) is 11.3. The molecule has 1 aliphatic heterocycles. The number of fused-ring (bicyclic) bond motifs is 3. The number of amides is 1. The van der Waals surface area contributed by atoms with Crippen LogP contribution in [0.15, 0.2) is 24.3 Å². The Morgan fingerprint density at radius 3 is 2.44 bits per heavy atom. The molecule has 3 saturated carbocycles. The molecule has 5 rings (SSSR count). The van der Waals surface area contributed by atoms with E-state index in [-0.39, 0.29) is 43.5 Å². The van der Waals surface area contributed by atoms with Crippen LogP contribution < -0.4 is 10.1 Å². The first-order valence-electron chi connectivity index (χ1n) is 11.3. The fourth-order valence-electron chi connectivity index (χ4n) is 5.33. The van der Waals surface area contributed by atoms with Crippen LogP contribution in [0.25, 0.3) is 0 Å². The number of esters is 1. The predicted molar refractivity (Wildman–Crippen MR) is 114 cm³/mol. The van der Waals surface area contributed by atoms with Crippen molar-refractivity contribution in [3.05, 3.63) is 29.8 Å². The lowest BCUT2D eigenvalue weighted by Gasteiger charge is -2.52. The van der Waals surface area contributed by atoms with Crippen molar-refractivity contribution in [3.8, 4) is 11.8 Å². The number of ether oxygens (including phenoxy) is 2. The molecule has 1 saturated heterocycles. The molecule has 0 radical (unpaired) electrons. The molecule has 2 unspecified atom stereocenters. The smallest absolute Gasteiger partial charge is 0.312 e. The lowest BCUT2D eigenvalue weighted by Crippen LogP contribution is -2.58. The predicted octanol–water partition coefficient (Wildman–Crippen LogP) is 2.88. The van der Waals surface area contributed by atoms with Gasteiger partial charge >= 0.3 is 5.97 Å². The summed E-state index contributed by atoms with van der Waals surface area (Å²) in [5.74, 6) is 0.394. The number of carbonyl (C=O) groups is 2. The minimum atomic E-state index is -1.13. The number of carbonyl (C=O) groups excluding carboxylic acids is 2. The molecule has 1 aromatic rings. The number of benzene rings is 1. The molecule has 2 bridgehead atoms. The summed E-state index contributed by atoms with van der Waals surface area (Å²) >= 11 is 0. The number of alkyl halides is 1. The summed E-state index contributed by atoms with van der Waals surface area (Å²) in [7, 11) is 1.61. The molecule has 1 aromatic carbocycles. The summed E-state index contributed by atoms with van der Waals surface area (Å²) < 4.78 is 24.4. The second-order valence-corrected chi connectivity index (χ2v) is 9.36. The van der Waals surface area contributed by atoms with Crippen LogP contribution in [0.1, 0.15) is 50.5 Å². The Balaban J connectivity index is 1.27. The number of methoxy groups -OCH3 is 1. The fraction of sp³-hybridized carbons (Fsp3) is 0.625. The molecule has 4 fully saturated rings. The van der Waals surface area contributed by atoms with E-state index in [0.717, 1.165) is 49.8 Å². The van der Waals surface area contributed by atoms with Gasteiger partial charge in [-0.05, 0) is 56.2 Å². The Labute approximate surface area is 187 Å². The number of nitrogens with zero attached hydrogens (tertiary/aromatic N) is 2. The van der Waals surface area contributed by atoms with Gasteiger partial charge in [-0.15, -0.1) is 0 Å². The van der Waals surface area contributed by atoms with Gasteiger partial charge < -0.3 is 19.7 Å². The fourth-order valence-corrected chi connectivity index (χ4v) is 5.33. The van der Waals surface area contributed by atoms with Crippen molar-refractivity contribution in [2.75, 3.05) is 20.2 Å². The summed E-state index contributed by atoms with van der Waals surface area (Å²) in [6, 6.07) is 8.81. The van der Waals surface area contributed by atoms with Crippen molar-refractivity contribution in [2.45, 2.75) is 69.3 Å². The van der Waals surface area contributed by atoms with Gasteiger partial charge in [-0.3, -0.25) is 9.59 Å². The maximum Gasteiger partial charge on any atom is 0.312 e. The summed E-state index contributed by atoms with van der Waals surface area (Å²) in [4.78, 5) is 26.8. The molecule has 1 N–H and O–H groups in total. The molecule has 0 spiro atoms. The molecule has 4 aliphatic rings. The second kappa shape index (κ2) is 9.07. The first kappa shape index (κ1) is 22.5. The average molecular weight is 444 g/mol. The molecule has 1 heterocycles. The summed E-state index contributed by atoms with van der Waals surface area (Å²) in [6.45, 7) is 0.336. The van der Waals surface area contributed by atoms with E-state index in [4.69, 9.17) is 14.7 Å². The highest BCUT2D eigenvalue weighted by atomic mass is 19.1. The normalized spacial score (nSPS) is 31.2. The van der Waals surface area contributed by atoms with Crippen LogP contribution in [0.4, 0.5) is 4.39 Å². The van der Waals surface area contributed by atoms with Gasteiger partial charge in [0.1, 0.15) is 24.6 Å². The van der Waals surface area contributed by atoms with E-state index in [9.17, 15) is 14.0 Å². The van der Waals surface area contributed by atoms with E-state index in [1.807, 2.05) is 30.3 Å². The van der Waals surface area contributed by atoms with Crippen molar-refractivity contribution in [1.82, 2.24) is 10.2 Å². The Morgan fingerprint density at radius 1 is 1.19 bits per heavy atom. The van der Waals surface area contributed by atoms with Gasteiger partial charge in [0.25, 0.3) is 0 Å². The minimum Gasteiger partial charge on any atom is -0.497 e. The summed E-state index contributed by atoms with van der Waals surface area (Å²) in [5, 5.41) is 12.6. The number of nitriles is 1. The van der Waals surface area contributed by atoms with Gasteiger partial charge in [-0.2, -0.15) is 5.26 Å². The molecule has 3 aliphatic carbocycles. The third-order valence-corrected chi connectivity index (χ3v) is 7.54. The molecule has 2 atom stereocenters. The van der Waals surface area contributed by atoms with Crippen LogP contribution in [0, 0.1) is 16.7 Å². The lowest BCUT2D eigenvalue weighted by molar-refractivity contribution is -0.165. The van der Waals surface area contributed by atoms with Gasteiger partial charge in [-0.1, -0.05) is 12.1 Å². The lowest BCUT2D eigenvalue weighted by atomic mass is 9.57. The Kier molecular flexibility index (Phi) is 6.38. The zero-order chi connectivity index (χ0) is 22.8. The number of nitrogens with one attached hydrogen (secondary N) is 1. The number of rotatable bonds is 7. The topological polar surface area (TPSA) is 91.7 Å². The molecular weight excluding hydrogens is 413 g/mol. The van der Waals surface area contributed by atoms with Gasteiger partial charge in [0, 0.05) is 12.0 Å². The highest BCUT2D eigenvalue weighted by Gasteiger charge is 2.53. The maximum absolute atomic E-state index is 13.6. The van der Waals surface area contributed by atoms with Gasteiger partial charge in [-0.25, -0.2) is 4.39 Å². The van der Waals surface area contributed by atoms with Crippen molar-refractivity contribution in [3.63, 3.8) is 0 Å². The van der Waals surface area contributed by atoms with Gasteiger partial charge in [0.05, 0.1) is 31.7 Å². The van der Waals surface area contributed by atoms with Crippen LogP contribution >= 0.6 is 0 Å². The number of hydrogen-bond acceptors (Lipinski definition) is 6. The van der Waals surface area contributed by atoms with Crippen LogP contribution in [0.3, 0.4) is 0 Å². The molecular formula is C24H30FN3O4. The SMILES string of the molecule is COc1ccc(COC(=O)C23CCC(NCC(=O)N4CC(F)CC4C#N)(CC2)CC3)cc1. The van der Waals surface area contributed by atoms with E-state index in [2.05, 4.69) is 5.32 Å². The van der Waals surface area contributed by atoms with Crippen LogP contribution in [0.2, 0.25) is 0 Å². The largest absolute Gasteiger partial charge is 0.497 e. The number of hydrogen-bond donors (Lipinski definition) is 1. The van der Waals surface area contributed by atoms with Crippen molar-refractivity contribution in [2.24, 2.45) is 5.41 Å². The monoisotopic (exact) mass is 443 g/mol. The first-order chi connectivity index (χ1) is 15.4. The average Bonchev–Trinajstić information content (AvgIpc) is 3.23. The maximum atomic E-state index is 13.6. The minimum absolute atomic E-state index is 0.00507. The van der Waals surface area contributed by atoms with Crippen molar-refractivity contribution >= 4 is 11.9 Å². The second-order valence-electron chi connectivity index (χ2n) is 9.36. The third kappa shape index (κ3) is 4.44. The quantitative estimate of drug-likeness (QED) is 0.652. The van der Waals surface area contributed by atoms with E-state index in [1.165, 1.54) is 4.90 Å². The van der Waals surface area contributed by atoms with Crippen LogP contribution in [0.5, 0.6) is 5.75 Å². The Morgan fingerprint density at radius 2 is 1.84 bits per heavy atom. The Hall–Kier alpha value is -2.66. The van der Waals surface area contributed by atoms with Crippen LogP contribution in [-0.4, -0.2) is 54.7 Å². The Bertz CT molecular complexity index is 873. The van der Waals surface area contributed by atoms with E-state index in [1.54, 1.807) is 7.11 Å². The van der Waals surface area contributed by atoms with Crippen LogP contribution in [-0.2, 0) is 20.9 Å². The molecule has 172 valence electrons. The standard InChI is InChI=1S/C24H30FN3O4/c1-31-20-4-2-17(3-5-20)16-32-22(30)23-6-9-24(10-7-23,11-8-23)27-14-21(29)28-15-18(25)12-19(28)13-26/h2-5,18-19,27H,6-12,14-16H2,1H3. The zero-order valence-electron chi connectivity index (χ0n) is 18.4. The molecule has 0 aromatic heterocycles. The highest BCUT2D eigenvalue weighted by molar-refractivity contribution is 5.80. The van der Waals surface area contributed by atoms with Crippen molar-refractivity contribution < 1.29 is 23.5 Å². The van der Waals surface area contributed by atoms with E-state index >= 15 is 0 Å². The third-order valence-electron chi connectivity index (χ3n) is 7.54. The highest BCUT2D eigenvalue weighted by Crippen LogP contribution is 2.53. The molecule has 7 nitrogen and oxygen atoms in total. The number of likely N-dealkylation sites (tertiary alicyclic amines) is 1. The zero-order valence-corrected chi connectivity index (χ0v) is 18.4. The van der Waals surface area contributed by atoms with E-state index in [0.29, 0.717) is 0 Å². The van der Waals surface area contributed by atoms with Crippen molar-refractivity contribution in [1.29, 1.82) is 5.26 Å². The van der Waals surface area contributed by atoms with E-state index < -0.39 is 17.6 Å².